The molecule has 0 aromatic heterocycles. The Hall–Kier alpha value is -0.790. The van der Waals surface area contributed by atoms with Crippen LogP contribution in [-0.2, 0) is 9.53 Å². The van der Waals surface area contributed by atoms with E-state index in [1.807, 2.05) is 5.57 Å². The van der Waals surface area contributed by atoms with E-state index < -0.39 is 0 Å². The molecule has 0 aromatic carbocycles. The lowest BCUT2D eigenvalue weighted by molar-refractivity contribution is -0.155. The topological polar surface area (TPSA) is 26.3 Å². The molecule has 3 saturated carbocycles. The number of hydrogen-bond donors (Lipinski definition) is 0. The first kappa shape index (κ1) is 16.7. The van der Waals surface area contributed by atoms with E-state index in [1.54, 1.807) is 6.92 Å². The summed E-state index contributed by atoms with van der Waals surface area (Å²) in [7, 11) is 0. The minimum atomic E-state index is -0.101. The van der Waals surface area contributed by atoms with Gasteiger partial charge in [0.25, 0.3) is 0 Å². The summed E-state index contributed by atoms with van der Waals surface area (Å²) in [6, 6.07) is 0. The minimum Gasteiger partial charge on any atom is -0.463 e. The van der Waals surface area contributed by atoms with Gasteiger partial charge in [-0.2, -0.15) is 0 Å². The number of carbonyl (C=O) groups excluding carboxylic acids is 1. The molecule has 0 aliphatic heterocycles. The van der Waals surface area contributed by atoms with Crippen molar-refractivity contribution in [1.29, 1.82) is 0 Å². The van der Waals surface area contributed by atoms with E-state index in [4.69, 9.17) is 4.74 Å². The maximum atomic E-state index is 11.3. The van der Waals surface area contributed by atoms with Crippen LogP contribution >= 0.6 is 0 Å². The minimum absolute atomic E-state index is 0.101. The van der Waals surface area contributed by atoms with Gasteiger partial charge in [0, 0.05) is 6.92 Å². The lowest BCUT2D eigenvalue weighted by atomic mass is 9.46. The number of carbonyl (C=O) groups is 1. The number of esters is 1. The summed E-state index contributed by atoms with van der Waals surface area (Å²) in [5.74, 6) is 3.18. The Kier molecular flexibility index (Phi) is 3.89. The van der Waals surface area contributed by atoms with E-state index in [9.17, 15) is 4.79 Å². The van der Waals surface area contributed by atoms with E-state index in [-0.39, 0.29) is 12.1 Å². The summed E-state index contributed by atoms with van der Waals surface area (Å²) in [6.07, 6.45) is 13.0. The molecule has 0 heterocycles. The summed E-state index contributed by atoms with van der Waals surface area (Å²) in [6.45, 7) is 9.13. The predicted octanol–water partition coefficient (Wildman–Crippen LogP) is 5.52. The molecule has 7 atom stereocenters. The van der Waals surface area contributed by atoms with Gasteiger partial charge in [-0.1, -0.05) is 32.4 Å². The summed E-state index contributed by atoms with van der Waals surface area (Å²) in [4.78, 5) is 11.3. The third kappa shape index (κ3) is 2.31. The van der Waals surface area contributed by atoms with Gasteiger partial charge in [0.15, 0.2) is 0 Å². The number of allylic oxidation sites excluding steroid dienone is 2. The molecule has 0 radical (unpaired) electrons. The predicted molar refractivity (Wildman–Crippen MR) is 96.4 cm³/mol. The van der Waals surface area contributed by atoms with Crippen LogP contribution in [0.2, 0.25) is 0 Å². The molecule has 2 heteroatoms. The molecule has 0 aromatic rings. The van der Waals surface area contributed by atoms with Crippen molar-refractivity contribution in [2.24, 2.45) is 34.5 Å². The fraction of sp³-hybridized carbons (Fsp3) is 0.864. The Bertz CT molecular complexity index is 564. The van der Waals surface area contributed by atoms with Gasteiger partial charge in [0.2, 0.25) is 0 Å². The summed E-state index contributed by atoms with van der Waals surface area (Å²) in [5.41, 5.74) is 2.78. The van der Waals surface area contributed by atoms with Crippen LogP contribution in [0.1, 0.15) is 79.1 Å². The lowest BCUT2D eigenvalue weighted by Crippen LogP contribution is -2.52. The van der Waals surface area contributed by atoms with Crippen molar-refractivity contribution in [2.45, 2.75) is 85.2 Å². The second-order valence-electron chi connectivity index (χ2n) is 9.75. The van der Waals surface area contributed by atoms with Crippen molar-refractivity contribution >= 4 is 5.97 Å². The van der Waals surface area contributed by atoms with Gasteiger partial charge in [-0.15, -0.1) is 0 Å². The maximum Gasteiger partial charge on any atom is 0.302 e. The highest BCUT2D eigenvalue weighted by Gasteiger charge is 2.57. The summed E-state index contributed by atoms with van der Waals surface area (Å²) < 4.78 is 5.57. The Morgan fingerprint density at radius 1 is 1.17 bits per heavy atom. The van der Waals surface area contributed by atoms with Crippen LogP contribution < -0.4 is 0 Å². The van der Waals surface area contributed by atoms with Gasteiger partial charge in [0.05, 0.1) is 0 Å². The van der Waals surface area contributed by atoms with E-state index in [1.165, 1.54) is 38.5 Å². The fourth-order valence-corrected chi connectivity index (χ4v) is 7.11. The molecule has 0 saturated heterocycles. The Balaban J connectivity index is 1.56. The van der Waals surface area contributed by atoms with Crippen LogP contribution in [0.3, 0.4) is 0 Å². The summed E-state index contributed by atoms with van der Waals surface area (Å²) in [5, 5.41) is 0. The normalized spacial score (nSPS) is 50.3. The molecule has 0 bridgehead atoms. The molecule has 0 unspecified atom stereocenters. The first-order valence-electron chi connectivity index (χ1n) is 10.2. The molecular weight excluding hydrogens is 296 g/mol. The average molecular weight is 331 g/mol. The van der Waals surface area contributed by atoms with Crippen LogP contribution in [0.4, 0.5) is 0 Å². The lowest BCUT2D eigenvalue weighted by Gasteiger charge is -2.59. The molecule has 4 aliphatic carbocycles. The monoisotopic (exact) mass is 330 g/mol. The van der Waals surface area contributed by atoms with E-state index in [0.29, 0.717) is 10.8 Å². The van der Waals surface area contributed by atoms with Gasteiger partial charge in [-0.25, -0.2) is 0 Å². The zero-order chi connectivity index (χ0) is 17.1. The molecule has 0 spiro atoms. The van der Waals surface area contributed by atoms with Gasteiger partial charge in [-0.3, -0.25) is 4.79 Å². The smallest absolute Gasteiger partial charge is 0.302 e. The third-order valence-electron chi connectivity index (χ3n) is 8.79. The zero-order valence-corrected chi connectivity index (χ0v) is 15.9. The third-order valence-corrected chi connectivity index (χ3v) is 8.79. The van der Waals surface area contributed by atoms with Gasteiger partial charge in [0.1, 0.15) is 6.10 Å². The van der Waals surface area contributed by atoms with Gasteiger partial charge in [-0.05, 0) is 85.9 Å². The van der Waals surface area contributed by atoms with Gasteiger partial charge >= 0.3 is 5.97 Å². The highest BCUT2D eigenvalue weighted by Crippen LogP contribution is 2.65. The molecule has 4 rings (SSSR count). The fourth-order valence-electron chi connectivity index (χ4n) is 7.11. The zero-order valence-electron chi connectivity index (χ0n) is 15.9. The van der Waals surface area contributed by atoms with Crippen molar-refractivity contribution < 1.29 is 9.53 Å². The molecule has 4 aliphatic rings. The van der Waals surface area contributed by atoms with E-state index in [2.05, 4.69) is 26.8 Å². The SMILES string of the molecule is CC(=O)O[C@H]1CC[C@@]2(C)[C@H](CC[C@H]3C4=CC[C@H](C)[C@@]4(C)CC[C@@H]32)C1. The largest absolute Gasteiger partial charge is 0.463 e. The number of ether oxygens (including phenoxy) is 1. The quantitative estimate of drug-likeness (QED) is 0.467. The standard InChI is InChI=1S/C22H34O2/c1-14-5-8-19-18-7-6-16-13-17(24-15(2)23)9-11-22(16,4)20(18)10-12-21(14,19)3/h8,14,16-18,20H,5-7,9-13H2,1-4H3/t14-,16+,17-,18-,20-,21+,22-/m0/s1. The van der Waals surface area contributed by atoms with Gasteiger partial charge < -0.3 is 4.74 Å². The van der Waals surface area contributed by atoms with Crippen LogP contribution in [-0.4, -0.2) is 12.1 Å². The molecule has 134 valence electrons. The average Bonchev–Trinajstić information content (AvgIpc) is 2.83. The van der Waals surface area contributed by atoms with Crippen LogP contribution in [0, 0.1) is 34.5 Å². The highest BCUT2D eigenvalue weighted by molar-refractivity contribution is 5.66. The molecule has 3 fully saturated rings. The van der Waals surface area contributed by atoms with Crippen LogP contribution in [0.25, 0.3) is 0 Å². The number of hydrogen-bond acceptors (Lipinski definition) is 2. The second-order valence-corrected chi connectivity index (χ2v) is 9.75. The first-order chi connectivity index (χ1) is 11.3. The molecular formula is C22H34O2. The first-order valence-corrected chi connectivity index (χ1v) is 10.2. The van der Waals surface area contributed by atoms with Crippen molar-refractivity contribution in [3.8, 4) is 0 Å². The van der Waals surface area contributed by atoms with Crippen molar-refractivity contribution in [3.63, 3.8) is 0 Å². The molecule has 0 amide bonds. The molecule has 2 nitrogen and oxygen atoms in total. The Morgan fingerprint density at radius 3 is 2.71 bits per heavy atom. The highest BCUT2D eigenvalue weighted by atomic mass is 16.5. The maximum absolute atomic E-state index is 11.3. The van der Waals surface area contributed by atoms with E-state index >= 15 is 0 Å². The van der Waals surface area contributed by atoms with Crippen LogP contribution in [0.5, 0.6) is 0 Å². The molecule has 0 N–H and O–H groups in total. The van der Waals surface area contributed by atoms with E-state index in [0.717, 1.165) is 36.5 Å². The molecule has 24 heavy (non-hydrogen) atoms. The number of fused-ring (bicyclic) bond motifs is 5. The van der Waals surface area contributed by atoms with Crippen LogP contribution in [0.15, 0.2) is 11.6 Å². The Morgan fingerprint density at radius 2 is 1.96 bits per heavy atom. The summed E-state index contributed by atoms with van der Waals surface area (Å²) >= 11 is 0. The van der Waals surface area contributed by atoms with Crippen molar-refractivity contribution in [2.75, 3.05) is 0 Å². The number of rotatable bonds is 1. The second kappa shape index (κ2) is 5.61. The Labute approximate surface area is 147 Å². The van der Waals surface area contributed by atoms with Crippen molar-refractivity contribution in [3.05, 3.63) is 11.6 Å². The van der Waals surface area contributed by atoms with Crippen molar-refractivity contribution in [1.82, 2.24) is 0 Å².